The van der Waals surface area contributed by atoms with Gasteiger partial charge >= 0.3 is 0 Å². The summed E-state index contributed by atoms with van der Waals surface area (Å²) < 4.78 is 10.5. The summed E-state index contributed by atoms with van der Waals surface area (Å²) in [7, 11) is 1.53. The summed E-state index contributed by atoms with van der Waals surface area (Å²) in [6.07, 6.45) is 0.508. The van der Waals surface area contributed by atoms with Crippen molar-refractivity contribution < 1.29 is 14.6 Å². The van der Waals surface area contributed by atoms with Crippen LogP contribution < -0.4 is 0 Å². The Morgan fingerprint density at radius 3 is 2.54 bits per heavy atom. The van der Waals surface area contributed by atoms with Crippen molar-refractivity contribution in [2.45, 2.75) is 33.0 Å². The van der Waals surface area contributed by atoms with E-state index in [0.717, 1.165) is 11.3 Å². The lowest BCUT2D eigenvalue weighted by molar-refractivity contribution is -0.181. The zero-order valence-electron chi connectivity index (χ0n) is 8.76. The Morgan fingerprint density at radius 2 is 2.15 bits per heavy atom. The first-order valence-electron chi connectivity index (χ1n) is 4.63. The van der Waals surface area contributed by atoms with E-state index in [1.54, 1.807) is 0 Å². The van der Waals surface area contributed by atoms with Crippen LogP contribution in [0.25, 0.3) is 0 Å². The van der Waals surface area contributed by atoms with Gasteiger partial charge in [-0.05, 0) is 12.8 Å². The number of hydrogen-bond acceptors (Lipinski definition) is 3. The molecule has 0 amide bonds. The summed E-state index contributed by atoms with van der Waals surface area (Å²) >= 11 is 0. The number of allylic oxidation sites excluding steroid dienone is 1. The van der Waals surface area contributed by atoms with Gasteiger partial charge in [0.1, 0.15) is 0 Å². The lowest BCUT2D eigenvalue weighted by Gasteiger charge is -2.36. The fraction of sp³-hybridized carbons (Fsp3) is 0.800. The molecule has 0 saturated carbocycles. The van der Waals surface area contributed by atoms with E-state index in [0.29, 0.717) is 13.0 Å². The Hall–Kier alpha value is -0.540. The largest absolute Gasteiger partial charge is 0.498 e. The lowest BCUT2D eigenvalue weighted by atomic mass is 9.90. The number of rotatable bonds is 2. The van der Waals surface area contributed by atoms with Gasteiger partial charge in [-0.25, -0.2) is 0 Å². The quantitative estimate of drug-likeness (QED) is 0.667. The van der Waals surface area contributed by atoms with Crippen LogP contribution in [0.2, 0.25) is 0 Å². The highest BCUT2D eigenvalue weighted by Crippen LogP contribution is 2.34. The Morgan fingerprint density at radius 1 is 1.54 bits per heavy atom. The Balaban J connectivity index is 3.03. The van der Waals surface area contributed by atoms with E-state index in [-0.39, 0.29) is 5.92 Å². The molecule has 1 aliphatic heterocycles. The molecule has 0 radical (unpaired) electrons. The van der Waals surface area contributed by atoms with E-state index in [9.17, 15) is 5.11 Å². The molecule has 1 unspecified atom stereocenters. The molecule has 0 aromatic carbocycles. The van der Waals surface area contributed by atoms with Gasteiger partial charge < -0.3 is 14.6 Å². The lowest BCUT2D eigenvalue weighted by Crippen LogP contribution is -2.40. The SMILES string of the molecule is COC1(O)CCOC(C)=C1C(C)C. The van der Waals surface area contributed by atoms with Gasteiger partial charge in [-0.3, -0.25) is 0 Å². The number of hydrogen-bond donors (Lipinski definition) is 1. The molecule has 1 N–H and O–H groups in total. The molecule has 3 heteroatoms. The number of methoxy groups -OCH3 is 1. The van der Waals surface area contributed by atoms with Gasteiger partial charge in [-0.15, -0.1) is 0 Å². The molecule has 1 heterocycles. The van der Waals surface area contributed by atoms with Gasteiger partial charge in [0.05, 0.1) is 12.4 Å². The van der Waals surface area contributed by atoms with Crippen LogP contribution in [-0.4, -0.2) is 24.6 Å². The van der Waals surface area contributed by atoms with Gasteiger partial charge in [-0.1, -0.05) is 13.8 Å². The maximum atomic E-state index is 10.1. The summed E-state index contributed by atoms with van der Waals surface area (Å²) in [5, 5.41) is 10.1. The summed E-state index contributed by atoms with van der Waals surface area (Å²) in [6, 6.07) is 0. The molecule has 76 valence electrons. The Bertz CT molecular complexity index is 220. The van der Waals surface area contributed by atoms with Crippen molar-refractivity contribution in [2.24, 2.45) is 5.92 Å². The van der Waals surface area contributed by atoms with Crippen molar-refractivity contribution >= 4 is 0 Å². The van der Waals surface area contributed by atoms with Crippen LogP contribution in [-0.2, 0) is 9.47 Å². The standard InChI is InChI=1S/C10H18O3/c1-7(2)9-8(3)13-6-5-10(9,11)12-4/h7,11H,5-6H2,1-4H3. The molecular weight excluding hydrogens is 168 g/mol. The predicted octanol–water partition coefficient (Wildman–Crippen LogP) is 1.67. The highest BCUT2D eigenvalue weighted by molar-refractivity contribution is 5.20. The molecule has 0 fully saturated rings. The molecule has 1 aliphatic rings. The predicted molar refractivity (Wildman–Crippen MR) is 50.1 cm³/mol. The number of ether oxygens (including phenoxy) is 2. The normalized spacial score (nSPS) is 29.4. The fourth-order valence-electron chi connectivity index (χ4n) is 1.90. The zero-order chi connectivity index (χ0) is 10.1. The van der Waals surface area contributed by atoms with Gasteiger partial charge in [0.25, 0.3) is 0 Å². The van der Waals surface area contributed by atoms with Crippen molar-refractivity contribution in [3.8, 4) is 0 Å². The first-order chi connectivity index (χ1) is 6.01. The fourth-order valence-corrected chi connectivity index (χ4v) is 1.90. The van der Waals surface area contributed by atoms with Crippen LogP contribution in [0, 0.1) is 5.92 Å². The van der Waals surface area contributed by atoms with Gasteiger partial charge in [0, 0.05) is 19.1 Å². The minimum absolute atomic E-state index is 0.241. The minimum atomic E-state index is -1.11. The average Bonchev–Trinajstić information content (AvgIpc) is 2.03. The monoisotopic (exact) mass is 186 g/mol. The third-order valence-corrected chi connectivity index (χ3v) is 2.47. The summed E-state index contributed by atoms with van der Waals surface area (Å²) in [4.78, 5) is 0. The second-order valence-electron chi connectivity index (χ2n) is 3.71. The van der Waals surface area contributed by atoms with Crippen molar-refractivity contribution in [3.05, 3.63) is 11.3 Å². The highest BCUT2D eigenvalue weighted by Gasteiger charge is 2.38. The topological polar surface area (TPSA) is 38.7 Å². The van der Waals surface area contributed by atoms with Gasteiger partial charge in [-0.2, -0.15) is 0 Å². The van der Waals surface area contributed by atoms with Crippen molar-refractivity contribution in [3.63, 3.8) is 0 Å². The van der Waals surface area contributed by atoms with E-state index in [2.05, 4.69) is 0 Å². The van der Waals surface area contributed by atoms with E-state index < -0.39 is 5.79 Å². The molecule has 0 aromatic rings. The molecule has 0 aromatic heterocycles. The van der Waals surface area contributed by atoms with Crippen molar-refractivity contribution in [1.29, 1.82) is 0 Å². The zero-order valence-corrected chi connectivity index (χ0v) is 8.76. The summed E-state index contributed by atoms with van der Waals surface area (Å²) in [5.74, 6) is -0.0768. The van der Waals surface area contributed by atoms with Gasteiger partial charge in [0.2, 0.25) is 0 Å². The molecular formula is C10H18O3. The smallest absolute Gasteiger partial charge is 0.194 e. The van der Waals surface area contributed by atoms with Crippen LogP contribution in [0.5, 0.6) is 0 Å². The molecule has 3 nitrogen and oxygen atoms in total. The Labute approximate surface area is 79.3 Å². The van der Waals surface area contributed by atoms with Crippen LogP contribution >= 0.6 is 0 Å². The maximum absolute atomic E-state index is 10.1. The van der Waals surface area contributed by atoms with Crippen LogP contribution in [0.1, 0.15) is 27.2 Å². The van der Waals surface area contributed by atoms with E-state index in [1.807, 2.05) is 20.8 Å². The second kappa shape index (κ2) is 3.68. The molecule has 1 atom stereocenters. The maximum Gasteiger partial charge on any atom is 0.194 e. The Kier molecular flexibility index (Phi) is 2.98. The number of aliphatic hydroxyl groups is 1. The van der Waals surface area contributed by atoms with E-state index in [1.165, 1.54) is 7.11 Å². The van der Waals surface area contributed by atoms with Crippen LogP contribution in [0.15, 0.2) is 11.3 Å². The molecule has 0 aliphatic carbocycles. The first kappa shape index (κ1) is 10.5. The van der Waals surface area contributed by atoms with Crippen LogP contribution in [0.4, 0.5) is 0 Å². The first-order valence-corrected chi connectivity index (χ1v) is 4.63. The summed E-state index contributed by atoms with van der Waals surface area (Å²) in [6.45, 7) is 6.44. The van der Waals surface area contributed by atoms with Crippen molar-refractivity contribution in [2.75, 3.05) is 13.7 Å². The summed E-state index contributed by atoms with van der Waals surface area (Å²) in [5.41, 5.74) is 0.862. The van der Waals surface area contributed by atoms with E-state index in [4.69, 9.17) is 9.47 Å². The van der Waals surface area contributed by atoms with Crippen LogP contribution in [0.3, 0.4) is 0 Å². The van der Waals surface area contributed by atoms with E-state index >= 15 is 0 Å². The third kappa shape index (κ3) is 1.86. The molecule has 1 rings (SSSR count). The van der Waals surface area contributed by atoms with Gasteiger partial charge in [0.15, 0.2) is 5.79 Å². The molecule has 0 bridgehead atoms. The molecule has 0 spiro atoms. The van der Waals surface area contributed by atoms with Crippen molar-refractivity contribution in [1.82, 2.24) is 0 Å². The highest BCUT2D eigenvalue weighted by atomic mass is 16.6. The molecule has 0 saturated heterocycles. The minimum Gasteiger partial charge on any atom is -0.498 e. The second-order valence-corrected chi connectivity index (χ2v) is 3.71. The average molecular weight is 186 g/mol. The third-order valence-electron chi connectivity index (χ3n) is 2.47. The molecule has 13 heavy (non-hydrogen) atoms.